The zero-order valence-corrected chi connectivity index (χ0v) is 14.2. The highest BCUT2D eigenvalue weighted by Crippen LogP contribution is 2.19. The van der Waals surface area contributed by atoms with E-state index in [0.29, 0.717) is 11.6 Å². The molecule has 3 heterocycles. The molecule has 1 amide bonds. The number of anilines is 2. The summed E-state index contributed by atoms with van der Waals surface area (Å²) in [6, 6.07) is 4.43. The summed E-state index contributed by atoms with van der Waals surface area (Å²) in [5, 5.41) is 10.1. The molecule has 1 saturated heterocycles. The smallest absolute Gasteiger partial charge is 0.257 e. The Labute approximate surface area is 142 Å². The summed E-state index contributed by atoms with van der Waals surface area (Å²) >= 11 is 0. The number of carbonyl (C=O) groups is 1. The molecule has 1 aliphatic rings. The van der Waals surface area contributed by atoms with Crippen LogP contribution >= 0.6 is 0 Å². The van der Waals surface area contributed by atoms with Crippen LogP contribution < -0.4 is 10.2 Å². The van der Waals surface area contributed by atoms with Crippen LogP contribution in [0, 0.1) is 0 Å². The van der Waals surface area contributed by atoms with Crippen molar-refractivity contribution in [3.8, 4) is 0 Å². The molecule has 2 N–H and O–H groups in total. The molecular weight excluding hydrogens is 304 g/mol. The number of rotatable bonds is 4. The first-order valence-corrected chi connectivity index (χ1v) is 8.31. The van der Waals surface area contributed by atoms with Gasteiger partial charge in [-0.3, -0.25) is 9.89 Å². The second kappa shape index (κ2) is 7.33. The molecule has 0 bridgehead atoms. The number of hydrogen-bond donors (Lipinski definition) is 2. The van der Waals surface area contributed by atoms with Gasteiger partial charge < -0.3 is 15.1 Å². The van der Waals surface area contributed by atoms with Gasteiger partial charge in [-0.25, -0.2) is 4.98 Å². The van der Waals surface area contributed by atoms with E-state index in [0.717, 1.165) is 43.9 Å². The monoisotopic (exact) mass is 328 g/mol. The summed E-state index contributed by atoms with van der Waals surface area (Å²) < 4.78 is 0. The lowest BCUT2D eigenvalue weighted by atomic mass is 10.1. The highest BCUT2D eigenvalue weighted by atomic mass is 16.2. The van der Waals surface area contributed by atoms with Gasteiger partial charge in [-0.05, 0) is 31.4 Å². The lowest BCUT2D eigenvalue weighted by Gasteiger charge is -2.20. The van der Waals surface area contributed by atoms with Crippen LogP contribution in [0.4, 0.5) is 11.5 Å². The molecule has 1 fully saturated rings. The third kappa shape index (κ3) is 3.84. The third-order valence-corrected chi connectivity index (χ3v) is 4.34. The van der Waals surface area contributed by atoms with Gasteiger partial charge in [-0.15, -0.1) is 0 Å². The molecule has 1 aliphatic heterocycles. The summed E-state index contributed by atoms with van der Waals surface area (Å²) in [4.78, 5) is 20.7. The van der Waals surface area contributed by atoms with E-state index in [4.69, 9.17) is 0 Å². The zero-order chi connectivity index (χ0) is 16.9. The second-order valence-electron chi connectivity index (χ2n) is 6.35. The Balaban J connectivity index is 1.56. The minimum atomic E-state index is 0.0569. The molecule has 7 heteroatoms. The van der Waals surface area contributed by atoms with Crippen LogP contribution in [0.25, 0.3) is 0 Å². The number of aromatic amines is 1. The molecule has 0 unspecified atom stereocenters. The van der Waals surface area contributed by atoms with Crippen molar-refractivity contribution in [3.63, 3.8) is 0 Å². The predicted octanol–water partition coefficient (Wildman–Crippen LogP) is 1.98. The number of H-pyrrole nitrogens is 1. The van der Waals surface area contributed by atoms with Gasteiger partial charge in [0.15, 0.2) is 0 Å². The van der Waals surface area contributed by atoms with Crippen LogP contribution in [0.2, 0.25) is 0 Å². The van der Waals surface area contributed by atoms with E-state index < -0.39 is 0 Å². The standard InChI is InChI=1S/C17H24N6O/c1-22(2)16-6-5-15(12-18-16)21-14-4-3-8-23(9-7-14)17(24)13-10-19-20-11-13/h5-6,10-12,14,21H,3-4,7-9H2,1-2H3,(H,19,20)/t14-/m1/s1. The minimum Gasteiger partial charge on any atom is -0.381 e. The van der Waals surface area contributed by atoms with Crippen LogP contribution in [-0.2, 0) is 0 Å². The van der Waals surface area contributed by atoms with E-state index in [1.165, 1.54) is 0 Å². The number of pyridine rings is 1. The van der Waals surface area contributed by atoms with E-state index in [2.05, 4.69) is 26.6 Å². The molecule has 0 aliphatic carbocycles. The molecule has 0 aromatic carbocycles. The zero-order valence-electron chi connectivity index (χ0n) is 14.2. The topological polar surface area (TPSA) is 77.1 Å². The summed E-state index contributed by atoms with van der Waals surface area (Å²) in [5.74, 6) is 1.000. The Morgan fingerprint density at radius 1 is 1.29 bits per heavy atom. The maximum atomic E-state index is 12.4. The third-order valence-electron chi connectivity index (χ3n) is 4.34. The second-order valence-corrected chi connectivity index (χ2v) is 6.35. The van der Waals surface area contributed by atoms with Crippen molar-refractivity contribution < 1.29 is 4.79 Å². The number of nitrogens with zero attached hydrogens (tertiary/aromatic N) is 4. The lowest BCUT2D eigenvalue weighted by molar-refractivity contribution is 0.0761. The van der Waals surface area contributed by atoms with Gasteiger partial charge in [-0.1, -0.05) is 0 Å². The van der Waals surface area contributed by atoms with Crippen molar-refractivity contribution in [1.82, 2.24) is 20.1 Å². The van der Waals surface area contributed by atoms with Gasteiger partial charge in [0.1, 0.15) is 5.82 Å². The normalized spacial score (nSPS) is 18.1. The van der Waals surface area contributed by atoms with Crippen molar-refractivity contribution in [2.75, 3.05) is 37.4 Å². The van der Waals surface area contributed by atoms with Gasteiger partial charge in [-0.2, -0.15) is 5.10 Å². The fraction of sp³-hybridized carbons (Fsp3) is 0.471. The van der Waals surface area contributed by atoms with Crippen LogP contribution in [0.5, 0.6) is 0 Å². The molecule has 0 saturated carbocycles. The Hall–Kier alpha value is -2.57. The van der Waals surface area contributed by atoms with Crippen LogP contribution in [0.3, 0.4) is 0 Å². The summed E-state index contributed by atoms with van der Waals surface area (Å²) in [6.45, 7) is 1.55. The van der Waals surface area contributed by atoms with E-state index in [1.54, 1.807) is 12.4 Å². The van der Waals surface area contributed by atoms with Crippen molar-refractivity contribution in [2.45, 2.75) is 25.3 Å². The average Bonchev–Trinajstić information content (AvgIpc) is 3.02. The SMILES string of the molecule is CN(C)c1ccc(N[C@@H]2CCCN(C(=O)c3cn[nH]c3)CC2)cn1. The number of nitrogens with one attached hydrogen (secondary N) is 2. The number of hydrogen-bond acceptors (Lipinski definition) is 5. The van der Waals surface area contributed by atoms with E-state index in [9.17, 15) is 4.79 Å². The molecule has 0 radical (unpaired) electrons. The van der Waals surface area contributed by atoms with Gasteiger partial charge in [0.2, 0.25) is 0 Å². The average molecular weight is 328 g/mol. The van der Waals surface area contributed by atoms with Crippen LogP contribution in [-0.4, -0.2) is 59.2 Å². The molecule has 1 atom stereocenters. The number of carbonyl (C=O) groups excluding carboxylic acids is 1. The van der Waals surface area contributed by atoms with Gasteiger partial charge in [0, 0.05) is 39.4 Å². The van der Waals surface area contributed by atoms with Crippen molar-refractivity contribution in [2.24, 2.45) is 0 Å². The summed E-state index contributed by atoms with van der Waals surface area (Å²) in [7, 11) is 3.96. The van der Waals surface area contributed by atoms with Crippen LogP contribution in [0.1, 0.15) is 29.6 Å². The first-order valence-electron chi connectivity index (χ1n) is 8.31. The van der Waals surface area contributed by atoms with Crippen molar-refractivity contribution in [3.05, 3.63) is 36.3 Å². The van der Waals surface area contributed by atoms with Gasteiger partial charge in [0.05, 0.1) is 23.6 Å². The van der Waals surface area contributed by atoms with E-state index >= 15 is 0 Å². The predicted molar refractivity (Wildman–Crippen MR) is 94.3 cm³/mol. The highest BCUT2D eigenvalue weighted by molar-refractivity contribution is 5.93. The number of aromatic nitrogens is 3. The Bertz CT molecular complexity index is 652. The van der Waals surface area contributed by atoms with E-state index in [1.807, 2.05) is 36.2 Å². The lowest BCUT2D eigenvalue weighted by Crippen LogP contribution is -2.32. The number of likely N-dealkylation sites (tertiary alicyclic amines) is 1. The summed E-state index contributed by atoms with van der Waals surface area (Å²) in [5.41, 5.74) is 1.66. The minimum absolute atomic E-state index is 0.0569. The number of amides is 1. The maximum absolute atomic E-state index is 12.4. The van der Waals surface area contributed by atoms with E-state index in [-0.39, 0.29) is 5.91 Å². The molecule has 0 spiro atoms. The first kappa shape index (κ1) is 16.3. The van der Waals surface area contributed by atoms with Crippen molar-refractivity contribution >= 4 is 17.4 Å². The molecule has 7 nitrogen and oxygen atoms in total. The van der Waals surface area contributed by atoms with Gasteiger partial charge in [0.25, 0.3) is 5.91 Å². The van der Waals surface area contributed by atoms with Gasteiger partial charge >= 0.3 is 0 Å². The Morgan fingerprint density at radius 3 is 2.83 bits per heavy atom. The molecule has 2 aromatic heterocycles. The summed E-state index contributed by atoms with van der Waals surface area (Å²) in [6.07, 6.45) is 8.07. The van der Waals surface area contributed by atoms with Crippen LogP contribution in [0.15, 0.2) is 30.7 Å². The quantitative estimate of drug-likeness (QED) is 0.897. The largest absolute Gasteiger partial charge is 0.381 e. The Morgan fingerprint density at radius 2 is 2.17 bits per heavy atom. The fourth-order valence-electron chi connectivity index (χ4n) is 2.97. The maximum Gasteiger partial charge on any atom is 0.257 e. The fourth-order valence-corrected chi connectivity index (χ4v) is 2.97. The highest BCUT2D eigenvalue weighted by Gasteiger charge is 2.22. The molecular formula is C17H24N6O. The Kier molecular flexibility index (Phi) is 4.98. The molecule has 24 heavy (non-hydrogen) atoms. The molecule has 2 aromatic rings. The molecule has 3 rings (SSSR count). The molecule has 128 valence electrons. The van der Waals surface area contributed by atoms with Crippen molar-refractivity contribution in [1.29, 1.82) is 0 Å². The first-order chi connectivity index (χ1) is 11.6.